The first-order valence-corrected chi connectivity index (χ1v) is 8.95. The van der Waals surface area contributed by atoms with Crippen LogP contribution in [0, 0.1) is 10.1 Å². The van der Waals surface area contributed by atoms with E-state index in [0.717, 1.165) is 28.6 Å². The van der Waals surface area contributed by atoms with Gasteiger partial charge in [0, 0.05) is 33.9 Å². The fraction of sp³-hybridized carbons (Fsp3) is 0.211. The van der Waals surface area contributed by atoms with Gasteiger partial charge in [-0.15, -0.1) is 11.3 Å². The van der Waals surface area contributed by atoms with Crippen molar-refractivity contribution in [2.45, 2.75) is 25.8 Å². The number of nitro benzene ring substituents is 1. The van der Waals surface area contributed by atoms with Gasteiger partial charge < -0.3 is 4.90 Å². The van der Waals surface area contributed by atoms with Gasteiger partial charge in [0.1, 0.15) is 0 Å². The zero-order chi connectivity index (χ0) is 17.6. The fourth-order valence-corrected chi connectivity index (χ4v) is 4.35. The number of aryl methyl sites for hydroxylation is 1. The number of amides is 1. The minimum Gasteiger partial charge on any atom is -0.305 e. The molecule has 1 aliphatic rings. The number of hydrogen-bond acceptors (Lipinski definition) is 4. The molecule has 2 aromatic carbocycles. The van der Waals surface area contributed by atoms with E-state index in [1.54, 1.807) is 12.1 Å². The normalized spacial score (nSPS) is 16.7. The highest BCUT2D eigenvalue weighted by Crippen LogP contribution is 2.35. The second-order valence-corrected chi connectivity index (χ2v) is 7.37. The average molecular weight is 352 g/mol. The van der Waals surface area contributed by atoms with E-state index in [1.165, 1.54) is 29.0 Å². The van der Waals surface area contributed by atoms with Crippen LogP contribution in [0.4, 0.5) is 11.4 Å². The monoisotopic (exact) mass is 352 g/mol. The number of carbonyl (C=O) groups is 1. The second-order valence-electron chi connectivity index (χ2n) is 6.28. The topological polar surface area (TPSA) is 63.5 Å². The van der Waals surface area contributed by atoms with Gasteiger partial charge in [-0.25, -0.2) is 0 Å². The van der Waals surface area contributed by atoms with Gasteiger partial charge in [0.2, 0.25) is 0 Å². The van der Waals surface area contributed by atoms with E-state index in [4.69, 9.17) is 0 Å². The summed E-state index contributed by atoms with van der Waals surface area (Å²) in [6.07, 6.45) is 1.90. The van der Waals surface area contributed by atoms with E-state index in [1.807, 2.05) is 23.1 Å². The Morgan fingerprint density at radius 3 is 2.84 bits per heavy atom. The van der Waals surface area contributed by atoms with E-state index in [-0.39, 0.29) is 17.6 Å². The van der Waals surface area contributed by atoms with E-state index in [9.17, 15) is 14.9 Å². The highest BCUT2D eigenvalue weighted by molar-refractivity contribution is 7.20. The Balaban J connectivity index is 1.76. The molecular formula is C19H16N2O3S. The molecule has 0 saturated heterocycles. The standard InChI is InChI=1S/C19H16N2O3S/c1-12-6-7-13-4-2-3-5-16(13)20(12)19(22)18-11-14-10-15(21(23)24)8-9-17(14)25-18/h2-5,8-12H,6-7H2,1H3/t12-/m1/s1. The second kappa shape index (κ2) is 5.97. The average Bonchev–Trinajstić information content (AvgIpc) is 3.04. The number of para-hydroxylation sites is 1. The molecule has 0 spiro atoms. The summed E-state index contributed by atoms with van der Waals surface area (Å²) in [6, 6.07) is 14.6. The molecule has 0 saturated carbocycles. The predicted octanol–water partition coefficient (Wildman–Crippen LogP) is 4.79. The maximum Gasteiger partial charge on any atom is 0.270 e. The van der Waals surface area contributed by atoms with Crippen molar-refractivity contribution in [3.8, 4) is 0 Å². The van der Waals surface area contributed by atoms with E-state index in [0.29, 0.717) is 4.88 Å². The Kier molecular flexibility index (Phi) is 3.77. The first kappa shape index (κ1) is 15.8. The third kappa shape index (κ3) is 2.68. The number of carbonyl (C=O) groups excluding carboxylic acids is 1. The highest BCUT2D eigenvalue weighted by Gasteiger charge is 2.29. The lowest BCUT2D eigenvalue weighted by atomic mass is 9.96. The van der Waals surface area contributed by atoms with Gasteiger partial charge in [-0.2, -0.15) is 0 Å². The summed E-state index contributed by atoms with van der Waals surface area (Å²) in [7, 11) is 0. The molecule has 25 heavy (non-hydrogen) atoms. The van der Waals surface area contributed by atoms with Crippen LogP contribution in [0.5, 0.6) is 0 Å². The van der Waals surface area contributed by atoms with Gasteiger partial charge in [-0.05, 0) is 43.5 Å². The van der Waals surface area contributed by atoms with Gasteiger partial charge in [-0.1, -0.05) is 18.2 Å². The van der Waals surface area contributed by atoms with Crippen molar-refractivity contribution in [3.63, 3.8) is 0 Å². The van der Waals surface area contributed by atoms with Gasteiger partial charge >= 0.3 is 0 Å². The molecule has 126 valence electrons. The molecule has 1 aromatic heterocycles. The van der Waals surface area contributed by atoms with Crippen molar-refractivity contribution in [2.24, 2.45) is 0 Å². The maximum atomic E-state index is 13.2. The maximum absolute atomic E-state index is 13.2. The van der Waals surface area contributed by atoms with Crippen LogP contribution in [0.15, 0.2) is 48.5 Å². The van der Waals surface area contributed by atoms with E-state index in [2.05, 4.69) is 13.0 Å². The van der Waals surface area contributed by atoms with Crippen LogP contribution in [-0.4, -0.2) is 16.9 Å². The van der Waals surface area contributed by atoms with Crippen LogP contribution in [-0.2, 0) is 6.42 Å². The van der Waals surface area contributed by atoms with Crippen LogP contribution < -0.4 is 4.90 Å². The number of non-ortho nitro benzene ring substituents is 1. The smallest absolute Gasteiger partial charge is 0.270 e. The van der Waals surface area contributed by atoms with Crippen molar-refractivity contribution >= 4 is 38.7 Å². The Morgan fingerprint density at radius 2 is 2.04 bits per heavy atom. The number of nitrogens with zero attached hydrogens (tertiary/aromatic N) is 2. The van der Waals surface area contributed by atoms with Gasteiger partial charge in [0.05, 0.1) is 9.80 Å². The van der Waals surface area contributed by atoms with Gasteiger partial charge in [0.25, 0.3) is 11.6 Å². The third-order valence-corrected chi connectivity index (χ3v) is 5.77. The van der Waals surface area contributed by atoms with Gasteiger partial charge in [-0.3, -0.25) is 14.9 Å². The lowest BCUT2D eigenvalue weighted by molar-refractivity contribution is -0.384. The molecule has 6 heteroatoms. The Morgan fingerprint density at radius 1 is 1.24 bits per heavy atom. The first-order valence-electron chi connectivity index (χ1n) is 8.14. The molecule has 0 N–H and O–H groups in total. The Labute approximate surface area is 148 Å². The minimum absolute atomic E-state index is 0.0384. The lowest BCUT2D eigenvalue weighted by Gasteiger charge is -2.35. The minimum atomic E-state index is -0.415. The number of benzene rings is 2. The molecule has 2 heterocycles. The molecule has 1 amide bonds. The summed E-state index contributed by atoms with van der Waals surface area (Å²) in [4.78, 5) is 26.2. The summed E-state index contributed by atoms with van der Waals surface area (Å²) < 4.78 is 0.881. The van der Waals surface area contributed by atoms with Crippen molar-refractivity contribution < 1.29 is 9.72 Å². The zero-order valence-corrected chi connectivity index (χ0v) is 14.5. The Bertz CT molecular complexity index is 995. The van der Waals surface area contributed by atoms with Crippen molar-refractivity contribution in [3.05, 3.63) is 69.1 Å². The summed E-state index contributed by atoms with van der Waals surface area (Å²) in [5, 5.41) is 11.7. The van der Waals surface area contributed by atoms with Crippen molar-refractivity contribution in [2.75, 3.05) is 4.90 Å². The number of hydrogen-bond donors (Lipinski definition) is 0. The molecule has 0 fully saturated rings. The molecule has 1 atom stereocenters. The summed E-state index contributed by atoms with van der Waals surface area (Å²) in [6.45, 7) is 2.06. The molecule has 0 radical (unpaired) electrons. The predicted molar refractivity (Wildman–Crippen MR) is 99.5 cm³/mol. The highest BCUT2D eigenvalue weighted by atomic mass is 32.1. The van der Waals surface area contributed by atoms with Crippen LogP contribution in [0.2, 0.25) is 0 Å². The largest absolute Gasteiger partial charge is 0.305 e. The van der Waals surface area contributed by atoms with Crippen molar-refractivity contribution in [1.82, 2.24) is 0 Å². The fourth-order valence-electron chi connectivity index (χ4n) is 3.37. The number of thiophene rings is 1. The SMILES string of the molecule is C[C@@H]1CCc2ccccc2N1C(=O)c1cc2cc([N+](=O)[O-])ccc2s1. The van der Waals surface area contributed by atoms with Crippen LogP contribution >= 0.6 is 11.3 Å². The number of fused-ring (bicyclic) bond motifs is 2. The van der Waals surface area contributed by atoms with Gasteiger partial charge in [0.15, 0.2) is 0 Å². The molecular weight excluding hydrogens is 336 g/mol. The summed E-state index contributed by atoms with van der Waals surface area (Å²) in [5.74, 6) is -0.0384. The van der Waals surface area contributed by atoms with E-state index >= 15 is 0 Å². The Hall–Kier alpha value is -2.73. The number of anilines is 1. The summed E-state index contributed by atoms with van der Waals surface area (Å²) in [5.41, 5.74) is 2.20. The van der Waals surface area contributed by atoms with Crippen molar-refractivity contribution in [1.29, 1.82) is 0 Å². The number of nitro groups is 1. The number of rotatable bonds is 2. The third-order valence-electron chi connectivity index (χ3n) is 4.66. The van der Waals surface area contributed by atoms with Crippen LogP contribution in [0.1, 0.15) is 28.6 Å². The summed E-state index contributed by atoms with van der Waals surface area (Å²) >= 11 is 1.38. The quantitative estimate of drug-likeness (QED) is 0.492. The molecule has 0 aliphatic carbocycles. The molecule has 5 nitrogen and oxygen atoms in total. The van der Waals surface area contributed by atoms with Crippen LogP contribution in [0.25, 0.3) is 10.1 Å². The molecule has 1 aliphatic heterocycles. The first-order chi connectivity index (χ1) is 12.0. The van der Waals surface area contributed by atoms with Crippen LogP contribution in [0.3, 0.4) is 0 Å². The molecule has 4 rings (SSSR count). The zero-order valence-electron chi connectivity index (χ0n) is 13.6. The molecule has 0 bridgehead atoms. The lowest BCUT2D eigenvalue weighted by Crippen LogP contribution is -2.41. The molecule has 0 unspecified atom stereocenters. The van der Waals surface area contributed by atoms with E-state index < -0.39 is 4.92 Å². The molecule has 3 aromatic rings.